The highest BCUT2D eigenvalue weighted by Gasteiger charge is 2.18. The van der Waals surface area contributed by atoms with E-state index in [9.17, 15) is 9.18 Å². The predicted molar refractivity (Wildman–Crippen MR) is 80.7 cm³/mol. The highest BCUT2D eigenvalue weighted by atomic mass is 19.1. The molecule has 0 radical (unpaired) electrons. The quantitative estimate of drug-likeness (QED) is 0.908. The Morgan fingerprint density at radius 2 is 2.14 bits per heavy atom. The van der Waals surface area contributed by atoms with Crippen LogP contribution in [0.3, 0.4) is 0 Å². The Morgan fingerprint density at radius 1 is 1.27 bits per heavy atom. The molecule has 22 heavy (non-hydrogen) atoms. The van der Waals surface area contributed by atoms with Gasteiger partial charge in [0, 0.05) is 0 Å². The third-order valence-corrected chi connectivity index (χ3v) is 3.68. The van der Waals surface area contributed by atoms with Crippen molar-refractivity contribution >= 4 is 11.7 Å². The number of nitrogens with zero attached hydrogens (tertiary/aromatic N) is 2. The number of anilines is 1. The van der Waals surface area contributed by atoms with Gasteiger partial charge in [0.25, 0.3) is 0 Å². The summed E-state index contributed by atoms with van der Waals surface area (Å²) in [5, 5.41) is 14.1. The summed E-state index contributed by atoms with van der Waals surface area (Å²) in [5.41, 5.74) is 1.24. The fourth-order valence-corrected chi connectivity index (χ4v) is 2.53. The van der Waals surface area contributed by atoms with Gasteiger partial charge in [0.1, 0.15) is 5.82 Å². The minimum atomic E-state index is -0.383. The van der Waals surface area contributed by atoms with Gasteiger partial charge in [-0.05, 0) is 43.1 Å². The Hall–Kier alpha value is -2.34. The molecule has 0 aliphatic carbocycles. The standard InChI is InChI=1S/C16H17FN4O/c17-12-5-2-1-4-11(12)10-16(22)19-15-8-7-14(20-21-15)13-6-3-9-18-13/h1-2,4-5,7-8,13,18H,3,6,9-10H2,(H,19,21,22). The van der Waals surface area contributed by atoms with Crippen molar-refractivity contribution in [3.63, 3.8) is 0 Å². The molecule has 3 rings (SSSR count). The number of carbonyl (C=O) groups is 1. The van der Waals surface area contributed by atoms with Gasteiger partial charge in [-0.15, -0.1) is 5.10 Å². The maximum Gasteiger partial charge on any atom is 0.230 e. The summed E-state index contributed by atoms with van der Waals surface area (Å²) in [6, 6.07) is 10.1. The van der Waals surface area contributed by atoms with E-state index in [0.717, 1.165) is 25.1 Å². The molecule has 2 aromatic rings. The number of hydrogen-bond acceptors (Lipinski definition) is 4. The first kappa shape index (κ1) is 14.6. The molecule has 1 aromatic carbocycles. The van der Waals surface area contributed by atoms with Crippen LogP contribution in [0.2, 0.25) is 0 Å². The van der Waals surface area contributed by atoms with Crippen molar-refractivity contribution in [1.29, 1.82) is 0 Å². The monoisotopic (exact) mass is 300 g/mol. The van der Waals surface area contributed by atoms with Gasteiger partial charge in [0.15, 0.2) is 5.82 Å². The van der Waals surface area contributed by atoms with Gasteiger partial charge in [-0.3, -0.25) is 4.79 Å². The molecular formula is C16H17FN4O. The molecule has 6 heteroatoms. The van der Waals surface area contributed by atoms with Crippen LogP contribution in [0.4, 0.5) is 10.2 Å². The van der Waals surface area contributed by atoms with Gasteiger partial charge >= 0.3 is 0 Å². The zero-order valence-corrected chi connectivity index (χ0v) is 12.1. The number of hydrogen-bond donors (Lipinski definition) is 2. The van der Waals surface area contributed by atoms with E-state index in [1.54, 1.807) is 24.3 Å². The van der Waals surface area contributed by atoms with E-state index < -0.39 is 0 Å². The van der Waals surface area contributed by atoms with E-state index in [2.05, 4.69) is 20.8 Å². The molecule has 1 atom stereocenters. The topological polar surface area (TPSA) is 66.9 Å². The number of amides is 1. The van der Waals surface area contributed by atoms with E-state index in [-0.39, 0.29) is 24.2 Å². The van der Waals surface area contributed by atoms with Crippen LogP contribution in [-0.4, -0.2) is 22.6 Å². The second-order valence-corrected chi connectivity index (χ2v) is 5.31. The van der Waals surface area contributed by atoms with Crippen molar-refractivity contribution in [2.45, 2.75) is 25.3 Å². The van der Waals surface area contributed by atoms with E-state index in [0.29, 0.717) is 11.4 Å². The molecule has 2 N–H and O–H groups in total. The maximum atomic E-state index is 13.5. The Labute approximate surface area is 128 Å². The van der Waals surface area contributed by atoms with Crippen LogP contribution >= 0.6 is 0 Å². The SMILES string of the molecule is O=C(Cc1ccccc1F)Nc1ccc(C2CCCN2)nn1. The first-order chi connectivity index (χ1) is 10.7. The lowest BCUT2D eigenvalue weighted by molar-refractivity contribution is -0.115. The summed E-state index contributed by atoms with van der Waals surface area (Å²) in [6.45, 7) is 0.994. The summed E-state index contributed by atoms with van der Waals surface area (Å²) < 4.78 is 13.5. The first-order valence-electron chi connectivity index (χ1n) is 7.32. The van der Waals surface area contributed by atoms with Gasteiger partial charge in [0.05, 0.1) is 18.2 Å². The van der Waals surface area contributed by atoms with Crippen LogP contribution < -0.4 is 10.6 Å². The fraction of sp³-hybridized carbons (Fsp3) is 0.312. The van der Waals surface area contributed by atoms with Crippen molar-refractivity contribution in [3.05, 3.63) is 53.5 Å². The second-order valence-electron chi connectivity index (χ2n) is 5.31. The summed E-state index contributed by atoms with van der Waals surface area (Å²) in [5.74, 6) is -0.319. The highest BCUT2D eigenvalue weighted by Crippen LogP contribution is 2.21. The number of aromatic nitrogens is 2. The number of halogens is 1. The largest absolute Gasteiger partial charge is 0.309 e. The third kappa shape index (κ3) is 3.46. The highest BCUT2D eigenvalue weighted by molar-refractivity contribution is 5.91. The van der Waals surface area contributed by atoms with Crippen LogP contribution in [0.1, 0.15) is 30.1 Å². The number of benzene rings is 1. The molecule has 1 aliphatic heterocycles. The van der Waals surface area contributed by atoms with Gasteiger partial charge < -0.3 is 10.6 Å². The number of rotatable bonds is 4. The zero-order valence-electron chi connectivity index (χ0n) is 12.1. The van der Waals surface area contributed by atoms with Gasteiger partial charge in [-0.2, -0.15) is 5.10 Å². The Kier molecular flexibility index (Phi) is 4.39. The van der Waals surface area contributed by atoms with Gasteiger partial charge in [-0.1, -0.05) is 18.2 Å². The van der Waals surface area contributed by atoms with Gasteiger partial charge in [0.2, 0.25) is 5.91 Å². The Bertz CT molecular complexity index is 653. The smallest absolute Gasteiger partial charge is 0.230 e. The van der Waals surface area contributed by atoms with Crippen LogP contribution in [0.25, 0.3) is 0 Å². The molecule has 0 bridgehead atoms. The van der Waals surface area contributed by atoms with Crippen LogP contribution in [0, 0.1) is 5.82 Å². The first-order valence-corrected chi connectivity index (χ1v) is 7.32. The summed E-state index contributed by atoms with van der Waals surface area (Å²) >= 11 is 0. The van der Waals surface area contributed by atoms with E-state index in [4.69, 9.17) is 0 Å². The summed E-state index contributed by atoms with van der Waals surface area (Å²) in [4.78, 5) is 11.9. The normalized spacial score (nSPS) is 17.4. The van der Waals surface area contributed by atoms with Crippen LogP contribution in [0.5, 0.6) is 0 Å². The molecule has 1 unspecified atom stereocenters. The average molecular weight is 300 g/mol. The van der Waals surface area contributed by atoms with Crippen molar-refractivity contribution in [2.75, 3.05) is 11.9 Å². The Morgan fingerprint density at radius 3 is 2.82 bits per heavy atom. The second kappa shape index (κ2) is 6.62. The zero-order chi connectivity index (χ0) is 15.4. The average Bonchev–Trinajstić information content (AvgIpc) is 3.05. The Balaban J connectivity index is 1.60. The maximum absolute atomic E-state index is 13.5. The number of nitrogens with one attached hydrogen (secondary N) is 2. The molecule has 2 heterocycles. The lowest BCUT2D eigenvalue weighted by Crippen LogP contribution is -2.18. The molecule has 1 amide bonds. The van der Waals surface area contributed by atoms with Crippen molar-refractivity contribution in [2.24, 2.45) is 0 Å². The third-order valence-electron chi connectivity index (χ3n) is 3.68. The predicted octanol–water partition coefficient (Wildman–Crippen LogP) is 2.22. The lowest BCUT2D eigenvalue weighted by Gasteiger charge is -2.09. The van der Waals surface area contributed by atoms with Crippen molar-refractivity contribution in [1.82, 2.24) is 15.5 Å². The molecule has 1 aromatic heterocycles. The summed E-state index contributed by atoms with van der Waals surface area (Å²) in [7, 11) is 0. The van der Waals surface area contributed by atoms with Crippen LogP contribution in [-0.2, 0) is 11.2 Å². The van der Waals surface area contributed by atoms with E-state index in [1.165, 1.54) is 6.07 Å². The van der Waals surface area contributed by atoms with Crippen LogP contribution in [0.15, 0.2) is 36.4 Å². The molecule has 1 aliphatic rings. The molecular weight excluding hydrogens is 283 g/mol. The lowest BCUT2D eigenvalue weighted by atomic mass is 10.1. The minimum Gasteiger partial charge on any atom is -0.309 e. The molecule has 0 spiro atoms. The number of carbonyl (C=O) groups excluding carboxylic acids is 1. The molecule has 0 saturated carbocycles. The van der Waals surface area contributed by atoms with E-state index in [1.807, 2.05) is 6.07 Å². The van der Waals surface area contributed by atoms with Crippen molar-refractivity contribution < 1.29 is 9.18 Å². The van der Waals surface area contributed by atoms with E-state index >= 15 is 0 Å². The fourth-order valence-electron chi connectivity index (χ4n) is 2.53. The van der Waals surface area contributed by atoms with Gasteiger partial charge in [-0.25, -0.2) is 4.39 Å². The summed E-state index contributed by atoms with van der Waals surface area (Å²) in [6.07, 6.45) is 2.15. The molecule has 1 fully saturated rings. The van der Waals surface area contributed by atoms with Crippen molar-refractivity contribution in [3.8, 4) is 0 Å². The molecule has 114 valence electrons. The molecule has 5 nitrogen and oxygen atoms in total. The molecule has 1 saturated heterocycles. The minimum absolute atomic E-state index is 0.0275.